The Balaban J connectivity index is 2.33. The van der Waals surface area contributed by atoms with E-state index in [2.05, 4.69) is 21.2 Å². The Bertz CT molecular complexity index is 743. The van der Waals surface area contributed by atoms with Crippen molar-refractivity contribution in [1.82, 2.24) is 0 Å². The molecule has 1 amide bonds. The number of carboxylic acids is 1. The summed E-state index contributed by atoms with van der Waals surface area (Å²) < 4.78 is 0.759. The molecule has 0 aliphatic heterocycles. The second-order valence-electron chi connectivity index (χ2n) is 3.89. The third-order valence-electron chi connectivity index (χ3n) is 2.52. The summed E-state index contributed by atoms with van der Waals surface area (Å²) in [5, 5.41) is 23.8. The molecule has 0 aliphatic carbocycles. The molecule has 0 aliphatic rings. The summed E-state index contributed by atoms with van der Waals surface area (Å²) in [6.07, 6.45) is 0. The molecule has 0 unspecified atom stereocenters. The van der Waals surface area contributed by atoms with Crippen LogP contribution in [0.3, 0.4) is 0 Å². The average molecular weight is 371 g/mol. The Kier molecular flexibility index (Phi) is 4.34. The number of carbonyl (C=O) groups excluding carboxylic acids is 1. The number of nitrogens with one attached hydrogen (secondary N) is 1. The van der Waals surface area contributed by atoms with E-state index in [1.165, 1.54) is 17.4 Å². The highest BCUT2D eigenvalue weighted by atomic mass is 79.9. The molecule has 2 N–H and O–H groups in total. The lowest BCUT2D eigenvalue weighted by atomic mass is 10.1. The number of hydrogen-bond donors (Lipinski definition) is 2. The number of aromatic carboxylic acids is 1. The predicted octanol–water partition coefficient (Wildman–Crippen LogP) is 3.37. The second kappa shape index (κ2) is 6.02. The van der Waals surface area contributed by atoms with Gasteiger partial charge in [-0.3, -0.25) is 14.9 Å². The number of nitro groups is 1. The molecule has 0 spiro atoms. The van der Waals surface area contributed by atoms with Gasteiger partial charge in [-0.05, 0) is 28.1 Å². The summed E-state index contributed by atoms with van der Waals surface area (Å²) in [5.41, 5.74) is -0.336. The maximum atomic E-state index is 12.0. The molecule has 7 nitrogen and oxygen atoms in total. The van der Waals surface area contributed by atoms with Gasteiger partial charge in [-0.25, -0.2) is 4.79 Å². The van der Waals surface area contributed by atoms with E-state index in [1.807, 2.05) is 0 Å². The van der Waals surface area contributed by atoms with E-state index in [9.17, 15) is 19.7 Å². The maximum absolute atomic E-state index is 12.0. The monoisotopic (exact) mass is 370 g/mol. The molecule has 0 atom stereocenters. The zero-order chi connectivity index (χ0) is 15.6. The van der Waals surface area contributed by atoms with Gasteiger partial charge < -0.3 is 10.4 Å². The van der Waals surface area contributed by atoms with Crippen molar-refractivity contribution >= 4 is 50.5 Å². The van der Waals surface area contributed by atoms with Gasteiger partial charge in [0, 0.05) is 17.5 Å². The third-order valence-corrected chi connectivity index (χ3v) is 4.03. The Morgan fingerprint density at radius 3 is 2.57 bits per heavy atom. The summed E-state index contributed by atoms with van der Waals surface area (Å²) in [5.74, 6) is -1.85. The second-order valence-corrected chi connectivity index (χ2v) is 6.18. The highest BCUT2D eigenvalue weighted by molar-refractivity contribution is 9.11. The molecular formula is C12H7BrN2O5S. The number of benzene rings is 1. The molecular weight excluding hydrogens is 364 g/mol. The average Bonchev–Trinajstić information content (AvgIpc) is 2.85. The van der Waals surface area contributed by atoms with Gasteiger partial charge in [-0.15, -0.1) is 11.3 Å². The number of nitrogens with zero attached hydrogens (tertiary/aromatic N) is 1. The Morgan fingerprint density at radius 1 is 1.33 bits per heavy atom. The zero-order valence-corrected chi connectivity index (χ0v) is 12.6. The largest absolute Gasteiger partial charge is 0.478 e. The predicted molar refractivity (Wildman–Crippen MR) is 80.0 cm³/mol. The zero-order valence-electron chi connectivity index (χ0n) is 10.2. The van der Waals surface area contributed by atoms with Crippen LogP contribution in [-0.2, 0) is 0 Å². The van der Waals surface area contributed by atoms with Gasteiger partial charge in [0.25, 0.3) is 11.6 Å². The number of non-ortho nitro benzene ring substituents is 1. The quantitative estimate of drug-likeness (QED) is 0.633. The Labute approximate surface area is 130 Å². The molecule has 0 radical (unpaired) electrons. The molecule has 1 aromatic carbocycles. The minimum atomic E-state index is -1.36. The molecule has 21 heavy (non-hydrogen) atoms. The summed E-state index contributed by atoms with van der Waals surface area (Å²) in [6, 6.07) is 4.82. The first-order chi connectivity index (χ1) is 9.88. The van der Waals surface area contributed by atoms with Crippen LogP contribution in [0.1, 0.15) is 20.7 Å². The van der Waals surface area contributed by atoms with E-state index in [0.717, 1.165) is 15.9 Å². The molecule has 1 heterocycles. The number of carboxylic acid groups (broad SMARTS) is 1. The lowest BCUT2D eigenvalue weighted by Crippen LogP contribution is -2.14. The normalized spacial score (nSPS) is 10.1. The van der Waals surface area contributed by atoms with Crippen molar-refractivity contribution < 1.29 is 19.6 Å². The smallest absolute Gasteiger partial charge is 0.338 e. The molecule has 0 saturated carbocycles. The molecule has 0 saturated heterocycles. The minimum Gasteiger partial charge on any atom is -0.478 e. The first-order valence-corrected chi connectivity index (χ1v) is 7.13. The van der Waals surface area contributed by atoms with E-state index in [1.54, 1.807) is 11.4 Å². The number of carbonyl (C=O) groups is 2. The van der Waals surface area contributed by atoms with Crippen LogP contribution >= 0.6 is 27.3 Å². The first-order valence-electron chi connectivity index (χ1n) is 5.45. The van der Waals surface area contributed by atoms with E-state index in [0.29, 0.717) is 5.56 Å². The van der Waals surface area contributed by atoms with Gasteiger partial charge in [-0.1, -0.05) is 0 Å². The summed E-state index contributed by atoms with van der Waals surface area (Å²) in [7, 11) is 0. The minimum absolute atomic E-state index is 0.000391. The van der Waals surface area contributed by atoms with Gasteiger partial charge in [-0.2, -0.15) is 0 Å². The molecule has 2 aromatic rings. The topological polar surface area (TPSA) is 110 Å². The van der Waals surface area contributed by atoms with E-state index >= 15 is 0 Å². The van der Waals surface area contributed by atoms with Crippen molar-refractivity contribution in [2.75, 3.05) is 5.32 Å². The number of halogens is 1. The van der Waals surface area contributed by atoms with Crippen molar-refractivity contribution in [3.63, 3.8) is 0 Å². The fourth-order valence-corrected chi connectivity index (χ4v) is 2.69. The van der Waals surface area contributed by atoms with Crippen LogP contribution in [0.15, 0.2) is 33.4 Å². The van der Waals surface area contributed by atoms with Gasteiger partial charge in [0.2, 0.25) is 0 Å². The number of rotatable bonds is 4. The van der Waals surface area contributed by atoms with Crippen LogP contribution in [0.4, 0.5) is 11.4 Å². The fourth-order valence-electron chi connectivity index (χ4n) is 1.56. The molecule has 0 bridgehead atoms. The summed E-state index contributed by atoms with van der Waals surface area (Å²) in [6.45, 7) is 0. The van der Waals surface area contributed by atoms with Crippen LogP contribution in [0, 0.1) is 10.1 Å². The number of amides is 1. The van der Waals surface area contributed by atoms with Crippen molar-refractivity contribution in [1.29, 1.82) is 0 Å². The van der Waals surface area contributed by atoms with Crippen LogP contribution < -0.4 is 5.32 Å². The lowest BCUT2D eigenvalue weighted by Gasteiger charge is -2.07. The highest BCUT2D eigenvalue weighted by Gasteiger charge is 2.18. The van der Waals surface area contributed by atoms with Crippen LogP contribution in [0.5, 0.6) is 0 Å². The van der Waals surface area contributed by atoms with Crippen LogP contribution in [0.2, 0.25) is 0 Å². The van der Waals surface area contributed by atoms with Gasteiger partial charge in [0.05, 0.1) is 25.5 Å². The highest BCUT2D eigenvalue weighted by Crippen LogP contribution is 2.25. The van der Waals surface area contributed by atoms with E-state index < -0.39 is 16.8 Å². The third kappa shape index (κ3) is 3.44. The molecule has 2 rings (SSSR count). The molecule has 0 fully saturated rings. The van der Waals surface area contributed by atoms with Gasteiger partial charge in [0.1, 0.15) is 0 Å². The molecule has 9 heteroatoms. The summed E-state index contributed by atoms with van der Waals surface area (Å²) in [4.78, 5) is 33.1. The van der Waals surface area contributed by atoms with Crippen molar-refractivity contribution in [3.05, 3.63) is 54.7 Å². The SMILES string of the molecule is O=C(Nc1ccc([N+](=O)[O-])cc1C(=O)O)c1csc(Br)c1. The van der Waals surface area contributed by atoms with E-state index in [4.69, 9.17) is 5.11 Å². The maximum Gasteiger partial charge on any atom is 0.338 e. The van der Waals surface area contributed by atoms with Crippen LogP contribution in [-0.4, -0.2) is 21.9 Å². The lowest BCUT2D eigenvalue weighted by molar-refractivity contribution is -0.384. The number of nitro benzene ring substituents is 1. The van der Waals surface area contributed by atoms with Crippen LogP contribution in [0.25, 0.3) is 0 Å². The van der Waals surface area contributed by atoms with Gasteiger partial charge in [0.15, 0.2) is 0 Å². The number of anilines is 1. The summed E-state index contributed by atoms with van der Waals surface area (Å²) >= 11 is 4.53. The molecule has 108 valence electrons. The van der Waals surface area contributed by atoms with Crippen molar-refractivity contribution in [2.45, 2.75) is 0 Å². The Hall–Kier alpha value is -2.26. The number of hydrogen-bond acceptors (Lipinski definition) is 5. The standard InChI is InChI=1S/C12H7BrN2O5S/c13-10-3-6(5-21-10)11(16)14-9-2-1-7(15(19)20)4-8(9)12(17)18/h1-5H,(H,14,16)(H,17,18). The molecule has 1 aromatic heterocycles. The van der Waals surface area contributed by atoms with Gasteiger partial charge >= 0.3 is 5.97 Å². The first kappa shape index (κ1) is 15.1. The number of thiophene rings is 1. The Morgan fingerprint density at radius 2 is 2.05 bits per heavy atom. The fraction of sp³-hybridized carbons (Fsp3) is 0. The van der Waals surface area contributed by atoms with Crippen molar-refractivity contribution in [2.24, 2.45) is 0 Å². The van der Waals surface area contributed by atoms with E-state index in [-0.39, 0.29) is 16.9 Å². The van der Waals surface area contributed by atoms with Crippen molar-refractivity contribution in [3.8, 4) is 0 Å².